The first-order valence-electron chi connectivity index (χ1n) is 8.98. The van der Waals surface area contributed by atoms with Crippen LogP contribution in [0.25, 0.3) is 11.0 Å². The number of furan rings is 1. The molecule has 3 rings (SSSR count). The van der Waals surface area contributed by atoms with Crippen molar-refractivity contribution in [3.05, 3.63) is 47.9 Å². The molecule has 0 saturated carbocycles. The number of fused-ring (bicyclic) bond motifs is 1. The zero-order chi connectivity index (χ0) is 20.1. The van der Waals surface area contributed by atoms with Gasteiger partial charge < -0.3 is 13.7 Å². The average Bonchev–Trinajstić information content (AvgIpc) is 3.22. The number of anilines is 1. The fourth-order valence-corrected chi connectivity index (χ4v) is 3.54. The van der Waals surface area contributed by atoms with Gasteiger partial charge in [0.15, 0.2) is 15.6 Å². The van der Waals surface area contributed by atoms with Crippen LogP contribution in [0.4, 0.5) is 5.95 Å². The fourth-order valence-electron chi connectivity index (χ4n) is 2.87. The highest BCUT2D eigenvalue weighted by atomic mass is 32.2. The van der Waals surface area contributed by atoms with E-state index in [2.05, 4.69) is 10.3 Å². The summed E-state index contributed by atoms with van der Waals surface area (Å²) in [4.78, 5) is 17.1. The van der Waals surface area contributed by atoms with Crippen LogP contribution in [0.15, 0.2) is 40.8 Å². The number of nitrogens with zero attached hydrogens (tertiary/aromatic N) is 2. The molecular formula is C19H23N3O5S. The van der Waals surface area contributed by atoms with Crippen molar-refractivity contribution in [3.8, 4) is 0 Å². The van der Waals surface area contributed by atoms with E-state index < -0.39 is 15.7 Å². The quantitative estimate of drug-likeness (QED) is 0.549. The molecule has 0 unspecified atom stereocenters. The van der Waals surface area contributed by atoms with Crippen LogP contribution in [0.1, 0.15) is 29.7 Å². The summed E-state index contributed by atoms with van der Waals surface area (Å²) in [7, 11) is -3.24. The number of para-hydroxylation sites is 2. The highest BCUT2D eigenvalue weighted by Crippen LogP contribution is 2.21. The maximum Gasteiger partial charge on any atom is 0.293 e. The van der Waals surface area contributed by atoms with E-state index in [1.807, 2.05) is 35.8 Å². The van der Waals surface area contributed by atoms with Gasteiger partial charge in [-0.15, -0.1) is 0 Å². The minimum Gasteiger partial charge on any atom is -0.455 e. The number of imidazole rings is 1. The zero-order valence-corrected chi connectivity index (χ0v) is 16.7. The predicted molar refractivity (Wildman–Crippen MR) is 106 cm³/mol. The largest absolute Gasteiger partial charge is 0.455 e. The smallest absolute Gasteiger partial charge is 0.293 e. The molecule has 1 aromatic carbocycles. The summed E-state index contributed by atoms with van der Waals surface area (Å²) in [5.74, 6) is -0.0785. The van der Waals surface area contributed by atoms with Gasteiger partial charge >= 0.3 is 0 Å². The Labute approximate surface area is 163 Å². The molecule has 3 aromatic rings. The molecule has 2 aromatic heterocycles. The van der Waals surface area contributed by atoms with E-state index in [1.165, 1.54) is 12.1 Å². The van der Waals surface area contributed by atoms with E-state index >= 15 is 0 Å². The van der Waals surface area contributed by atoms with Gasteiger partial charge in [-0.25, -0.2) is 13.4 Å². The van der Waals surface area contributed by atoms with Crippen LogP contribution in [0, 0.1) is 0 Å². The van der Waals surface area contributed by atoms with Crippen LogP contribution in [0.5, 0.6) is 0 Å². The van der Waals surface area contributed by atoms with Crippen molar-refractivity contribution in [1.29, 1.82) is 0 Å². The van der Waals surface area contributed by atoms with Gasteiger partial charge in [-0.3, -0.25) is 10.1 Å². The van der Waals surface area contributed by atoms with E-state index in [0.717, 1.165) is 23.7 Å². The number of sulfone groups is 1. The van der Waals surface area contributed by atoms with Crippen molar-refractivity contribution in [3.63, 3.8) is 0 Å². The van der Waals surface area contributed by atoms with Crippen LogP contribution in [0.2, 0.25) is 0 Å². The molecule has 0 aliphatic carbocycles. The van der Waals surface area contributed by atoms with E-state index in [9.17, 15) is 13.2 Å². The van der Waals surface area contributed by atoms with Crippen molar-refractivity contribution < 1.29 is 22.4 Å². The van der Waals surface area contributed by atoms with Gasteiger partial charge in [-0.2, -0.15) is 0 Å². The minimum atomic E-state index is -3.24. The highest BCUT2D eigenvalue weighted by molar-refractivity contribution is 7.89. The SMILES string of the molecule is CCOCCCn1c(NC(=O)c2ccc(CS(C)(=O)=O)o2)nc2ccccc21. The molecule has 0 aliphatic rings. The van der Waals surface area contributed by atoms with Gasteiger partial charge in [0.2, 0.25) is 5.95 Å². The van der Waals surface area contributed by atoms with Crippen molar-refractivity contribution in [2.24, 2.45) is 0 Å². The topological polar surface area (TPSA) is 103 Å². The van der Waals surface area contributed by atoms with Crippen molar-refractivity contribution in [2.45, 2.75) is 25.6 Å². The number of hydrogen-bond donors (Lipinski definition) is 1. The molecule has 0 aliphatic heterocycles. The van der Waals surface area contributed by atoms with Gasteiger partial charge in [0.1, 0.15) is 11.5 Å². The number of ether oxygens (including phenoxy) is 1. The molecule has 0 atom stereocenters. The third kappa shape index (κ3) is 4.99. The Kier molecular flexibility index (Phi) is 6.15. The summed E-state index contributed by atoms with van der Waals surface area (Å²) in [5, 5.41) is 2.76. The second-order valence-corrected chi connectivity index (χ2v) is 8.56. The lowest BCUT2D eigenvalue weighted by Crippen LogP contribution is -2.16. The molecule has 28 heavy (non-hydrogen) atoms. The molecule has 0 spiro atoms. The molecule has 0 radical (unpaired) electrons. The first-order chi connectivity index (χ1) is 13.4. The highest BCUT2D eigenvalue weighted by Gasteiger charge is 2.18. The Morgan fingerprint density at radius 1 is 1.25 bits per heavy atom. The number of aromatic nitrogens is 2. The number of aryl methyl sites for hydroxylation is 1. The molecule has 8 nitrogen and oxygen atoms in total. The van der Waals surface area contributed by atoms with Crippen molar-refractivity contribution in [1.82, 2.24) is 9.55 Å². The predicted octanol–water partition coefficient (Wildman–Crippen LogP) is 2.85. The van der Waals surface area contributed by atoms with E-state index in [4.69, 9.17) is 9.15 Å². The summed E-state index contributed by atoms with van der Waals surface area (Å²) < 4.78 is 35.4. The number of carbonyl (C=O) groups excluding carboxylic acids is 1. The maximum atomic E-state index is 12.6. The summed E-state index contributed by atoms with van der Waals surface area (Å²) in [6, 6.07) is 10.6. The van der Waals surface area contributed by atoms with Gasteiger partial charge in [-0.1, -0.05) is 12.1 Å². The second kappa shape index (κ2) is 8.57. The lowest BCUT2D eigenvalue weighted by molar-refractivity contribution is 0.0994. The standard InChI is InChI=1S/C19H23N3O5S/c1-3-26-12-6-11-22-16-8-5-4-7-15(16)20-19(22)21-18(23)17-10-9-14(27-17)13-28(2,24)25/h4-5,7-10H,3,6,11-13H2,1-2H3,(H,20,21,23). The van der Waals surface area contributed by atoms with Crippen molar-refractivity contribution in [2.75, 3.05) is 24.8 Å². The molecule has 0 bridgehead atoms. The fraction of sp³-hybridized carbons (Fsp3) is 0.368. The number of amides is 1. The molecule has 9 heteroatoms. The molecule has 0 fully saturated rings. The lowest BCUT2D eigenvalue weighted by atomic mass is 10.3. The monoisotopic (exact) mass is 405 g/mol. The first kappa shape index (κ1) is 20.1. The number of rotatable bonds is 9. The molecule has 1 N–H and O–H groups in total. The van der Waals surface area contributed by atoms with E-state index in [1.54, 1.807) is 0 Å². The summed E-state index contributed by atoms with van der Waals surface area (Å²) in [6.07, 6.45) is 1.89. The molecular weight excluding hydrogens is 382 g/mol. The molecule has 0 saturated heterocycles. The lowest BCUT2D eigenvalue weighted by Gasteiger charge is -2.09. The third-order valence-electron chi connectivity index (χ3n) is 4.04. The van der Waals surface area contributed by atoms with Gasteiger partial charge in [0.25, 0.3) is 5.91 Å². The third-order valence-corrected chi connectivity index (χ3v) is 4.85. The van der Waals surface area contributed by atoms with E-state index in [-0.39, 0.29) is 17.3 Å². The van der Waals surface area contributed by atoms with Crippen LogP contribution >= 0.6 is 0 Å². The van der Waals surface area contributed by atoms with Crippen LogP contribution in [-0.4, -0.2) is 43.3 Å². The molecule has 2 heterocycles. The molecule has 1 amide bonds. The number of carbonyl (C=O) groups is 1. The second-order valence-electron chi connectivity index (χ2n) is 6.42. The van der Waals surface area contributed by atoms with Gasteiger partial charge in [0, 0.05) is 26.0 Å². The summed E-state index contributed by atoms with van der Waals surface area (Å²) in [6.45, 7) is 3.85. The maximum absolute atomic E-state index is 12.6. The first-order valence-corrected chi connectivity index (χ1v) is 11.0. The summed E-state index contributed by atoms with van der Waals surface area (Å²) >= 11 is 0. The van der Waals surface area contributed by atoms with E-state index in [0.29, 0.717) is 25.7 Å². The normalized spacial score (nSPS) is 11.8. The Bertz CT molecular complexity index is 1070. The number of hydrogen-bond acceptors (Lipinski definition) is 6. The Balaban J connectivity index is 1.80. The number of benzene rings is 1. The van der Waals surface area contributed by atoms with Gasteiger partial charge in [0.05, 0.1) is 11.0 Å². The summed E-state index contributed by atoms with van der Waals surface area (Å²) in [5.41, 5.74) is 1.68. The Morgan fingerprint density at radius 3 is 2.79 bits per heavy atom. The Hall–Kier alpha value is -2.65. The zero-order valence-electron chi connectivity index (χ0n) is 15.8. The van der Waals surface area contributed by atoms with Crippen LogP contribution in [0.3, 0.4) is 0 Å². The average molecular weight is 405 g/mol. The number of nitrogens with one attached hydrogen (secondary N) is 1. The van der Waals surface area contributed by atoms with Crippen LogP contribution < -0.4 is 5.32 Å². The Morgan fingerprint density at radius 2 is 2.04 bits per heavy atom. The minimum absolute atomic E-state index is 0.0339. The van der Waals surface area contributed by atoms with Crippen molar-refractivity contribution >= 4 is 32.7 Å². The van der Waals surface area contributed by atoms with Crippen LogP contribution in [-0.2, 0) is 26.9 Å². The molecule has 150 valence electrons. The van der Waals surface area contributed by atoms with Gasteiger partial charge in [-0.05, 0) is 37.6 Å².